The molecule has 4 nitrogen and oxygen atoms in total. The van der Waals surface area contributed by atoms with E-state index in [1.165, 1.54) is 0 Å². The number of hydrogen-bond acceptors (Lipinski definition) is 3. The molecule has 0 aromatic carbocycles. The van der Waals surface area contributed by atoms with E-state index in [4.69, 9.17) is 5.73 Å². The summed E-state index contributed by atoms with van der Waals surface area (Å²) in [6.45, 7) is 11.4. The maximum Gasteiger partial charge on any atom is 0.102 e. The van der Waals surface area contributed by atoms with E-state index in [-0.39, 0.29) is 0 Å². The molecule has 86 valence electrons. The lowest BCUT2D eigenvalue weighted by atomic mass is 9.92. The van der Waals surface area contributed by atoms with Crippen molar-refractivity contribution in [3.05, 3.63) is 11.9 Å². The summed E-state index contributed by atoms with van der Waals surface area (Å²) in [4.78, 5) is 0. The van der Waals surface area contributed by atoms with Crippen LogP contribution in [0.25, 0.3) is 0 Å². The first-order valence-corrected chi connectivity index (χ1v) is 5.38. The third-order valence-corrected chi connectivity index (χ3v) is 2.29. The molecule has 1 aromatic heterocycles. The molecule has 0 radical (unpaired) electrons. The Hall–Kier alpha value is -0.900. The molecule has 1 heterocycles. The molecule has 15 heavy (non-hydrogen) atoms. The van der Waals surface area contributed by atoms with Gasteiger partial charge < -0.3 is 5.73 Å². The van der Waals surface area contributed by atoms with Crippen molar-refractivity contribution in [1.82, 2.24) is 15.0 Å². The molecule has 0 aliphatic rings. The van der Waals surface area contributed by atoms with Crippen molar-refractivity contribution in [3.8, 4) is 0 Å². The number of rotatable bonds is 3. The summed E-state index contributed by atoms with van der Waals surface area (Å²) in [5.41, 5.74) is 6.70. The van der Waals surface area contributed by atoms with Gasteiger partial charge in [-0.2, -0.15) is 0 Å². The number of aryl methyl sites for hydroxylation is 1. The lowest BCUT2D eigenvalue weighted by molar-refractivity contribution is 0.339. The Kier molecular flexibility index (Phi) is 3.19. The highest BCUT2D eigenvalue weighted by atomic mass is 15.4. The van der Waals surface area contributed by atoms with Crippen LogP contribution in [0.5, 0.6) is 0 Å². The highest BCUT2D eigenvalue weighted by Crippen LogP contribution is 2.19. The van der Waals surface area contributed by atoms with E-state index in [0.717, 1.165) is 18.7 Å². The Balaban J connectivity index is 2.62. The molecule has 0 aliphatic carbocycles. The molecule has 0 saturated carbocycles. The summed E-state index contributed by atoms with van der Waals surface area (Å²) in [7, 11) is 0. The molecule has 0 aliphatic heterocycles. The number of nitrogens with two attached hydrogens (primary N) is 1. The highest BCUT2D eigenvalue weighted by molar-refractivity contribution is 5.05. The monoisotopic (exact) mass is 210 g/mol. The average Bonchev–Trinajstić information content (AvgIpc) is 2.45. The maximum atomic E-state index is 5.94. The van der Waals surface area contributed by atoms with E-state index in [0.29, 0.717) is 5.41 Å². The Morgan fingerprint density at radius 2 is 1.87 bits per heavy atom. The Bertz CT molecular complexity index is 314. The predicted octanol–water partition coefficient (Wildman–Crippen LogP) is 1.91. The fraction of sp³-hybridized carbons (Fsp3) is 0.818. The predicted molar refractivity (Wildman–Crippen MR) is 61.3 cm³/mol. The van der Waals surface area contributed by atoms with Crippen LogP contribution in [0.2, 0.25) is 0 Å². The first kappa shape index (κ1) is 12.2. The minimum Gasteiger partial charge on any atom is -0.320 e. The Morgan fingerprint density at radius 3 is 2.27 bits per heavy atom. The van der Waals surface area contributed by atoms with Gasteiger partial charge in [0.15, 0.2) is 0 Å². The zero-order valence-corrected chi connectivity index (χ0v) is 10.4. The standard InChI is InChI=1S/C11H22N4/c1-10(2,3)6-7-15-8-9(13-14-15)11(4,5)12/h8H,6-7,12H2,1-5H3. The van der Waals surface area contributed by atoms with E-state index in [2.05, 4.69) is 31.1 Å². The second-order valence-corrected chi connectivity index (χ2v) is 5.90. The van der Waals surface area contributed by atoms with Crippen LogP contribution in [-0.2, 0) is 12.1 Å². The van der Waals surface area contributed by atoms with E-state index in [9.17, 15) is 0 Å². The van der Waals surface area contributed by atoms with Crippen molar-refractivity contribution >= 4 is 0 Å². The lowest BCUT2D eigenvalue weighted by Gasteiger charge is -2.17. The third kappa shape index (κ3) is 4.00. The minimum atomic E-state index is -0.403. The molecule has 0 amide bonds. The van der Waals surface area contributed by atoms with Crippen LogP contribution in [0.3, 0.4) is 0 Å². The van der Waals surface area contributed by atoms with E-state index >= 15 is 0 Å². The molecule has 0 unspecified atom stereocenters. The second kappa shape index (κ2) is 3.93. The van der Waals surface area contributed by atoms with Crippen LogP contribution in [0.1, 0.15) is 46.7 Å². The molecule has 0 fully saturated rings. The van der Waals surface area contributed by atoms with Crippen molar-refractivity contribution in [3.63, 3.8) is 0 Å². The van der Waals surface area contributed by atoms with Crippen molar-refractivity contribution in [2.75, 3.05) is 0 Å². The van der Waals surface area contributed by atoms with Gasteiger partial charge in [-0.25, -0.2) is 0 Å². The summed E-state index contributed by atoms with van der Waals surface area (Å²) in [6, 6.07) is 0. The van der Waals surface area contributed by atoms with Crippen LogP contribution in [0.15, 0.2) is 6.20 Å². The fourth-order valence-corrected chi connectivity index (χ4v) is 1.15. The highest BCUT2D eigenvalue weighted by Gasteiger charge is 2.18. The van der Waals surface area contributed by atoms with Crippen LogP contribution in [0, 0.1) is 5.41 Å². The van der Waals surface area contributed by atoms with Gasteiger partial charge in [-0.1, -0.05) is 26.0 Å². The van der Waals surface area contributed by atoms with Crippen LogP contribution >= 0.6 is 0 Å². The smallest absolute Gasteiger partial charge is 0.102 e. The van der Waals surface area contributed by atoms with Gasteiger partial charge in [0, 0.05) is 6.54 Å². The van der Waals surface area contributed by atoms with Crippen molar-refractivity contribution in [2.24, 2.45) is 11.1 Å². The average molecular weight is 210 g/mol. The minimum absolute atomic E-state index is 0.324. The Labute approximate surface area is 91.9 Å². The Morgan fingerprint density at radius 1 is 1.27 bits per heavy atom. The molecule has 0 atom stereocenters. The molecule has 1 rings (SSSR count). The summed E-state index contributed by atoms with van der Waals surface area (Å²) < 4.78 is 1.87. The van der Waals surface area contributed by atoms with Gasteiger partial charge >= 0.3 is 0 Å². The van der Waals surface area contributed by atoms with Crippen LogP contribution in [-0.4, -0.2) is 15.0 Å². The molecule has 1 aromatic rings. The molecule has 0 bridgehead atoms. The summed E-state index contributed by atoms with van der Waals surface area (Å²) in [5.74, 6) is 0. The van der Waals surface area contributed by atoms with E-state index in [1.807, 2.05) is 24.7 Å². The molecule has 0 saturated heterocycles. The first-order valence-electron chi connectivity index (χ1n) is 5.38. The SMILES string of the molecule is CC(C)(C)CCn1cc(C(C)(C)N)nn1. The molecular formula is C11H22N4. The van der Waals surface area contributed by atoms with Crippen LogP contribution in [0.4, 0.5) is 0 Å². The second-order valence-electron chi connectivity index (χ2n) is 5.90. The molecule has 0 spiro atoms. The first-order chi connectivity index (χ1) is 6.68. The van der Waals surface area contributed by atoms with Crippen molar-refractivity contribution < 1.29 is 0 Å². The number of hydrogen-bond donors (Lipinski definition) is 1. The van der Waals surface area contributed by atoms with Crippen molar-refractivity contribution in [1.29, 1.82) is 0 Å². The van der Waals surface area contributed by atoms with Gasteiger partial charge in [0.1, 0.15) is 5.69 Å². The lowest BCUT2D eigenvalue weighted by Crippen LogP contribution is -2.29. The van der Waals surface area contributed by atoms with Gasteiger partial charge in [0.25, 0.3) is 0 Å². The maximum absolute atomic E-state index is 5.94. The fourth-order valence-electron chi connectivity index (χ4n) is 1.15. The van der Waals surface area contributed by atoms with Gasteiger partial charge in [-0.3, -0.25) is 4.68 Å². The van der Waals surface area contributed by atoms with Crippen LogP contribution < -0.4 is 5.73 Å². The quantitative estimate of drug-likeness (QED) is 0.829. The third-order valence-electron chi connectivity index (χ3n) is 2.29. The normalized spacial score (nSPS) is 13.2. The largest absolute Gasteiger partial charge is 0.320 e. The summed E-state index contributed by atoms with van der Waals surface area (Å²) in [6.07, 6.45) is 3.02. The van der Waals surface area contributed by atoms with E-state index < -0.39 is 5.54 Å². The summed E-state index contributed by atoms with van der Waals surface area (Å²) >= 11 is 0. The zero-order valence-electron chi connectivity index (χ0n) is 10.4. The molecule has 4 heteroatoms. The summed E-state index contributed by atoms with van der Waals surface area (Å²) in [5, 5.41) is 8.15. The van der Waals surface area contributed by atoms with Crippen molar-refractivity contribution in [2.45, 2.75) is 53.1 Å². The number of nitrogens with zero attached hydrogens (tertiary/aromatic N) is 3. The van der Waals surface area contributed by atoms with E-state index in [1.54, 1.807) is 0 Å². The van der Waals surface area contributed by atoms with Gasteiger partial charge in [-0.05, 0) is 25.7 Å². The zero-order chi connectivity index (χ0) is 11.7. The number of aromatic nitrogens is 3. The topological polar surface area (TPSA) is 56.7 Å². The van der Waals surface area contributed by atoms with Gasteiger partial charge in [0.2, 0.25) is 0 Å². The molecule has 2 N–H and O–H groups in total. The molecular weight excluding hydrogens is 188 g/mol. The van der Waals surface area contributed by atoms with Gasteiger partial charge in [0.05, 0.1) is 11.7 Å². The van der Waals surface area contributed by atoms with Gasteiger partial charge in [-0.15, -0.1) is 5.10 Å².